The van der Waals surface area contributed by atoms with Crippen molar-refractivity contribution in [1.82, 2.24) is 9.97 Å². The van der Waals surface area contributed by atoms with Gasteiger partial charge in [0.1, 0.15) is 17.1 Å². The molecule has 0 aliphatic rings. The summed E-state index contributed by atoms with van der Waals surface area (Å²) in [4.78, 5) is 8.23. The van der Waals surface area contributed by atoms with Crippen molar-refractivity contribution >= 4 is 27.0 Å². The van der Waals surface area contributed by atoms with E-state index in [0.717, 1.165) is 9.99 Å². The minimum absolute atomic E-state index is 0.548. The van der Waals surface area contributed by atoms with Crippen LogP contribution in [-0.2, 0) is 0 Å². The van der Waals surface area contributed by atoms with Gasteiger partial charge in [0.2, 0.25) is 0 Å². The standard InChI is InChI=1S/C9H4BrN3/c10-7-2-1-6(5-11)8-9(7)13-4-3-12-8/h1-4H. The van der Waals surface area contributed by atoms with Crippen LogP contribution in [0.15, 0.2) is 29.0 Å². The lowest BCUT2D eigenvalue weighted by molar-refractivity contribution is 1.28. The Bertz CT molecular complexity index is 502. The van der Waals surface area contributed by atoms with E-state index in [2.05, 4.69) is 32.0 Å². The monoisotopic (exact) mass is 233 g/mol. The van der Waals surface area contributed by atoms with Gasteiger partial charge in [-0.1, -0.05) is 0 Å². The molecule has 0 aliphatic carbocycles. The van der Waals surface area contributed by atoms with Crippen LogP contribution in [0.4, 0.5) is 0 Å². The van der Waals surface area contributed by atoms with Gasteiger partial charge in [-0.15, -0.1) is 0 Å². The van der Waals surface area contributed by atoms with Gasteiger partial charge in [0.25, 0.3) is 0 Å². The quantitative estimate of drug-likeness (QED) is 0.702. The normalized spacial score (nSPS) is 9.85. The Hall–Kier alpha value is -1.47. The van der Waals surface area contributed by atoms with Crippen LogP contribution in [0.3, 0.4) is 0 Å². The molecule has 0 aliphatic heterocycles. The lowest BCUT2D eigenvalue weighted by Crippen LogP contribution is -1.87. The smallest absolute Gasteiger partial charge is 0.108 e. The first-order valence-corrected chi connectivity index (χ1v) is 4.41. The Morgan fingerprint density at radius 1 is 1.15 bits per heavy atom. The summed E-state index contributed by atoms with van der Waals surface area (Å²) in [7, 11) is 0. The number of benzene rings is 1. The van der Waals surface area contributed by atoms with Gasteiger partial charge in [0.15, 0.2) is 0 Å². The predicted octanol–water partition coefficient (Wildman–Crippen LogP) is 2.26. The lowest BCUT2D eigenvalue weighted by atomic mass is 10.2. The summed E-state index contributed by atoms with van der Waals surface area (Å²) in [6.07, 6.45) is 3.18. The van der Waals surface area contributed by atoms with E-state index in [-0.39, 0.29) is 0 Å². The topological polar surface area (TPSA) is 49.6 Å². The van der Waals surface area contributed by atoms with E-state index in [1.54, 1.807) is 24.5 Å². The van der Waals surface area contributed by atoms with Gasteiger partial charge in [0.05, 0.1) is 5.56 Å². The molecule has 0 saturated heterocycles. The van der Waals surface area contributed by atoms with Gasteiger partial charge >= 0.3 is 0 Å². The maximum Gasteiger partial charge on any atom is 0.108 e. The van der Waals surface area contributed by atoms with Crippen LogP contribution < -0.4 is 0 Å². The Balaban J connectivity index is 2.95. The number of nitrogens with zero attached hydrogens (tertiary/aromatic N) is 3. The van der Waals surface area contributed by atoms with Crippen LogP contribution in [0, 0.1) is 11.3 Å². The van der Waals surface area contributed by atoms with Crippen molar-refractivity contribution in [2.45, 2.75) is 0 Å². The Kier molecular flexibility index (Phi) is 1.95. The van der Waals surface area contributed by atoms with Gasteiger partial charge in [-0.3, -0.25) is 9.97 Å². The van der Waals surface area contributed by atoms with Crippen molar-refractivity contribution in [2.24, 2.45) is 0 Å². The summed E-state index contributed by atoms with van der Waals surface area (Å²) >= 11 is 3.35. The van der Waals surface area contributed by atoms with Gasteiger partial charge in [-0.05, 0) is 28.1 Å². The van der Waals surface area contributed by atoms with Crippen LogP contribution >= 0.6 is 15.9 Å². The third-order valence-corrected chi connectivity index (χ3v) is 2.34. The van der Waals surface area contributed by atoms with Crippen molar-refractivity contribution in [3.63, 3.8) is 0 Å². The van der Waals surface area contributed by atoms with Crippen molar-refractivity contribution < 1.29 is 0 Å². The number of rotatable bonds is 0. The average Bonchev–Trinajstić information content (AvgIpc) is 2.19. The molecule has 0 bridgehead atoms. The van der Waals surface area contributed by atoms with Gasteiger partial charge in [-0.25, -0.2) is 0 Å². The molecule has 62 valence electrons. The first-order chi connectivity index (χ1) is 6.33. The molecule has 0 spiro atoms. The molecule has 4 heteroatoms. The minimum Gasteiger partial charge on any atom is -0.252 e. The highest BCUT2D eigenvalue weighted by Gasteiger charge is 2.04. The fourth-order valence-corrected chi connectivity index (χ4v) is 1.54. The zero-order chi connectivity index (χ0) is 9.26. The third-order valence-electron chi connectivity index (χ3n) is 1.70. The molecule has 0 atom stereocenters. The summed E-state index contributed by atoms with van der Waals surface area (Å²) in [5, 5.41) is 8.79. The summed E-state index contributed by atoms with van der Waals surface area (Å²) in [5.41, 5.74) is 1.91. The minimum atomic E-state index is 0.548. The molecule has 0 amide bonds. The molecule has 0 N–H and O–H groups in total. The van der Waals surface area contributed by atoms with Gasteiger partial charge < -0.3 is 0 Å². The number of hydrogen-bond donors (Lipinski definition) is 0. The Labute approximate surface area is 83.2 Å². The number of aromatic nitrogens is 2. The molecule has 0 saturated carbocycles. The molecular formula is C9H4BrN3. The van der Waals surface area contributed by atoms with Crippen LogP contribution in [0.25, 0.3) is 11.0 Å². The van der Waals surface area contributed by atoms with Crippen LogP contribution in [0.2, 0.25) is 0 Å². The molecule has 1 aromatic heterocycles. The zero-order valence-electron chi connectivity index (χ0n) is 6.53. The number of halogens is 1. The number of nitriles is 1. The van der Waals surface area contributed by atoms with E-state index in [1.165, 1.54) is 0 Å². The molecule has 3 nitrogen and oxygen atoms in total. The second-order valence-corrected chi connectivity index (χ2v) is 3.31. The van der Waals surface area contributed by atoms with E-state index in [9.17, 15) is 0 Å². The summed E-state index contributed by atoms with van der Waals surface area (Å²) in [5.74, 6) is 0. The van der Waals surface area contributed by atoms with Crippen molar-refractivity contribution in [1.29, 1.82) is 5.26 Å². The van der Waals surface area contributed by atoms with Crippen LogP contribution in [0.5, 0.6) is 0 Å². The highest BCUT2D eigenvalue weighted by Crippen LogP contribution is 2.22. The molecule has 0 fully saturated rings. The largest absolute Gasteiger partial charge is 0.252 e. The second-order valence-electron chi connectivity index (χ2n) is 2.46. The average molecular weight is 234 g/mol. The molecule has 0 radical (unpaired) electrons. The van der Waals surface area contributed by atoms with E-state index >= 15 is 0 Å². The summed E-state index contributed by atoms with van der Waals surface area (Å²) in [6.45, 7) is 0. The fraction of sp³-hybridized carbons (Fsp3) is 0. The Morgan fingerprint density at radius 3 is 2.54 bits per heavy atom. The highest BCUT2D eigenvalue weighted by atomic mass is 79.9. The maximum atomic E-state index is 8.79. The van der Waals surface area contributed by atoms with Crippen LogP contribution in [0.1, 0.15) is 5.56 Å². The fourth-order valence-electron chi connectivity index (χ4n) is 1.11. The molecule has 0 unspecified atom stereocenters. The van der Waals surface area contributed by atoms with Crippen LogP contribution in [-0.4, -0.2) is 9.97 Å². The van der Waals surface area contributed by atoms with E-state index in [4.69, 9.17) is 5.26 Å². The molecule has 13 heavy (non-hydrogen) atoms. The van der Waals surface area contributed by atoms with E-state index < -0.39 is 0 Å². The first kappa shape index (κ1) is 8.14. The van der Waals surface area contributed by atoms with Crippen molar-refractivity contribution in [3.8, 4) is 6.07 Å². The van der Waals surface area contributed by atoms with E-state index in [1.807, 2.05) is 0 Å². The SMILES string of the molecule is N#Cc1ccc(Br)c2nccnc12. The lowest BCUT2D eigenvalue weighted by Gasteiger charge is -1.98. The van der Waals surface area contributed by atoms with E-state index in [0.29, 0.717) is 11.1 Å². The Morgan fingerprint density at radius 2 is 1.85 bits per heavy atom. The molecule has 1 aromatic carbocycles. The van der Waals surface area contributed by atoms with Gasteiger partial charge in [0, 0.05) is 16.9 Å². The predicted molar refractivity (Wildman–Crippen MR) is 52.0 cm³/mol. The molecule has 2 rings (SSSR count). The summed E-state index contributed by atoms with van der Waals surface area (Å²) < 4.78 is 0.856. The number of hydrogen-bond acceptors (Lipinski definition) is 3. The van der Waals surface area contributed by atoms with Gasteiger partial charge in [-0.2, -0.15) is 5.26 Å². The molecule has 1 heterocycles. The zero-order valence-corrected chi connectivity index (χ0v) is 8.12. The highest BCUT2D eigenvalue weighted by molar-refractivity contribution is 9.10. The maximum absolute atomic E-state index is 8.79. The molecule has 2 aromatic rings. The third kappa shape index (κ3) is 1.27. The second kappa shape index (κ2) is 3.11. The molecular weight excluding hydrogens is 230 g/mol. The summed E-state index contributed by atoms with van der Waals surface area (Å²) in [6, 6.07) is 5.60. The van der Waals surface area contributed by atoms with Crippen molar-refractivity contribution in [2.75, 3.05) is 0 Å². The van der Waals surface area contributed by atoms with Crippen molar-refractivity contribution in [3.05, 3.63) is 34.6 Å². The number of fused-ring (bicyclic) bond motifs is 1. The first-order valence-electron chi connectivity index (χ1n) is 3.62.